The molecule has 0 aliphatic heterocycles. The third-order valence-electron chi connectivity index (χ3n) is 10.2. The molecule has 0 bridgehead atoms. The van der Waals surface area contributed by atoms with Gasteiger partial charge in [0.25, 0.3) is 0 Å². The summed E-state index contributed by atoms with van der Waals surface area (Å²) in [5, 5.41) is 50.1. The van der Waals surface area contributed by atoms with Gasteiger partial charge in [0.15, 0.2) is 11.9 Å². The molecule has 64 heavy (non-hydrogen) atoms. The van der Waals surface area contributed by atoms with E-state index in [0.29, 0.717) is 32.1 Å². The number of hydrogen-bond acceptors (Lipinski definition) is 13. The zero-order chi connectivity index (χ0) is 47.3. The first-order chi connectivity index (χ1) is 30.8. The molecule has 14 nitrogen and oxygen atoms in total. The lowest BCUT2D eigenvalue weighted by Crippen LogP contribution is -2.64. The lowest BCUT2D eigenvalue weighted by atomic mass is 9.85. The van der Waals surface area contributed by atoms with Gasteiger partial charge in [-0.05, 0) is 83.1 Å². The predicted molar refractivity (Wildman–Crippen MR) is 249 cm³/mol. The van der Waals surface area contributed by atoms with Gasteiger partial charge >= 0.3 is 19.8 Å². The summed E-state index contributed by atoms with van der Waals surface area (Å²) in [4.78, 5) is 47.4. The second kappa shape index (κ2) is 37.9. The van der Waals surface area contributed by atoms with E-state index in [2.05, 4.69) is 50.3 Å². The quantitative estimate of drug-likeness (QED) is 0.00859. The Balaban J connectivity index is 2.54. The topological polar surface area (TPSA) is 227 Å². The largest absolute Gasteiger partial charge is 0.472 e. The fourth-order valence-electron chi connectivity index (χ4n) is 6.36. The van der Waals surface area contributed by atoms with Gasteiger partial charge in [-0.2, -0.15) is 0 Å². The number of allylic oxidation sites excluding steroid dienone is 14. The highest BCUT2D eigenvalue weighted by molar-refractivity contribution is 7.47. The zero-order valence-electron chi connectivity index (χ0n) is 38.3. The standard InChI is InChI=1S/C49H79O14P/c1-3-5-7-8-9-10-11-12-13-14-15-16-19-23-26-29-33-37-43(52)62-41(39-61-64(58,59)63-49-47(56)45(54)44(53)46(55)48(49)57)38-60-42(51)36-32-28-25-22-20-17-18-21-24-27-31-35-40(50)34-30-6-4-2/h9-10,12-13,15-18,22,24-25,27,31,35,41,44-49,53-57H,3-8,11,14,19-21,23,26,28-30,32-34,36-39H2,1-2H3,(H,58,59)/b10-9-,13-12-,16-15-,18-17-,25-22-,27-24-,35-31+/t41-,44?,45-,46+,47-,48-,49?/m1/s1. The van der Waals surface area contributed by atoms with Gasteiger partial charge < -0.3 is 39.9 Å². The smallest absolute Gasteiger partial charge is 0.462 e. The van der Waals surface area contributed by atoms with Crippen LogP contribution in [0, 0.1) is 0 Å². The summed E-state index contributed by atoms with van der Waals surface area (Å²) in [6.45, 7) is 3.03. The van der Waals surface area contributed by atoms with Crippen LogP contribution in [0.1, 0.15) is 149 Å². The minimum Gasteiger partial charge on any atom is -0.462 e. The van der Waals surface area contributed by atoms with Crippen molar-refractivity contribution in [1.29, 1.82) is 0 Å². The molecule has 1 saturated carbocycles. The van der Waals surface area contributed by atoms with E-state index in [1.807, 2.05) is 36.5 Å². The molecule has 6 N–H and O–H groups in total. The molecular formula is C49H79O14P. The number of esters is 2. The van der Waals surface area contributed by atoms with Crippen molar-refractivity contribution >= 4 is 25.5 Å². The number of ketones is 1. The summed E-state index contributed by atoms with van der Waals surface area (Å²) in [7, 11) is -5.16. The number of rotatable bonds is 37. The monoisotopic (exact) mass is 923 g/mol. The third kappa shape index (κ3) is 30.0. The van der Waals surface area contributed by atoms with Crippen molar-refractivity contribution in [3.63, 3.8) is 0 Å². The lowest BCUT2D eigenvalue weighted by molar-refractivity contribution is -0.220. The Labute approximate surface area is 382 Å². The van der Waals surface area contributed by atoms with Gasteiger partial charge in [0, 0.05) is 19.3 Å². The first-order valence-corrected chi connectivity index (χ1v) is 24.8. The predicted octanol–water partition coefficient (Wildman–Crippen LogP) is 8.46. The number of aliphatic hydroxyl groups is 5. The maximum atomic E-state index is 12.8. The number of hydrogen-bond donors (Lipinski definition) is 6. The van der Waals surface area contributed by atoms with Gasteiger partial charge in [-0.1, -0.05) is 131 Å². The maximum Gasteiger partial charge on any atom is 0.472 e. The number of phosphoric acid groups is 1. The van der Waals surface area contributed by atoms with Crippen molar-refractivity contribution in [2.45, 2.75) is 191 Å². The molecule has 3 unspecified atom stereocenters. The van der Waals surface area contributed by atoms with E-state index in [1.165, 1.54) is 19.3 Å². The molecule has 8 atom stereocenters. The number of aliphatic hydroxyl groups excluding tert-OH is 5. The Morgan fingerprint density at radius 3 is 1.59 bits per heavy atom. The van der Waals surface area contributed by atoms with Gasteiger partial charge in [0.05, 0.1) is 6.61 Å². The number of unbranched alkanes of at least 4 members (excludes halogenated alkanes) is 10. The molecular weight excluding hydrogens is 843 g/mol. The van der Waals surface area contributed by atoms with E-state index in [0.717, 1.165) is 70.6 Å². The van der Waals surface area contributed by atoms with Gasteiger partial charge in [-0.3, -0.25) is 23.4 Å². The van der Waals surface area contributed by atoms with Crippen LogP contribution >= 0.6 is 7.82 Å². The van der Waals surface area contributed by atoms with E-state index < -0.39 is 75.7 Å². The molecule has 0 aromatic heterocycles. The van der Waals surface area contributed by atoms with Gasteiger partial charge in [-0.15, -0.1) is 0 Å². The van der Waals surface area contributed by atoms with Crippen LogP contribution in [-0.2, 0) is 37.5 Å². The Hall–Kier alpha value is -3.30. The second-order valence-corrected chi connectivity index (χ2v) is 17.3. The SMILES string of the molecule is CCCCC/C=C\C/C=C\C/C=C\CCCCCCC(=O)O[C@H](COC(=O)CCC/C=C\C/C=C\C/C=C\C=C\C(=O)CCCCC)COP(=O)(O)OC1[C@H](O)[C@H](O)C(O)[C@H](O)[C@H]1O. The highest BCUT2D eigenvalue weighted by atomic mass is 31.2. The molecule has 1 rings (SSSR count). The number of ether oxygens (including phenoxy) is 2. The normalized spacial score (nSPS) is 22.2. The molecule has 0 aromatic carbocycles. The van der Waals surface area contributed by atoms with Crippen molar-refractivity contribution in [1.82, 2.24) is 0 Å². The molecule has 0 spiro atoms. The molecule has 1 fully saturated rings. The molecule has 0 radical (unpaired) electrons. The minimum atomic E-state index is -5.16. The van der Waals surface area contributed by atoms with Crippen LogP contribution in [0.25, 0.3) is 0 Å². The summed E-state index contributed by atoms with van der Waals surface area (Å²) in [5.74, 6) is -1.09. The Morgan fingerprint density at radius 1 is 0.531 bits per heavy atom. The van der Waals surface area contributed by atoms with Crippen LogP contribution in [0.4, 0.5) is 0 Å². The number of carbonyl (C=O) groups excluding carboxylic acids is 3. The zero-order valence-corrected chi connectivity index (χ0v) is 39.2. The maximum absolute atomic E-state index is 12.8. The molecule has 0 saturated heterocycles. The van der Waals surface area contributed by atoms with Crippen LogP contribution in [-0.4, -0.2) is 104 Å². The van der Waals surface area contributed by atoms with E-state index in [1.54, 1.807) is 12.2 Å². The molecule has 15 heteroatoms. The molecule has 364 valence electrons. The number of carbonyl (C=O) groups is 3. The van der Waals surface area contributed by atoms with Crippen molar-refractivity contribution in [2.75, 3.05) is 13.2 Å². The average Bonchev–Trinajstić information content (AvgIpc) is 3.27. The molecule has 0 heterocycles. The minimum absolute atomic E-state index is 0.0426. The first kappa shape index (κ1) is 58.7. The van der Waals surface area contributed by atoms with Crippen LogP contribution in [0.3, 0.4) is 0 Å². The van der Waals surface area contributed by atoms with E-state index in [4.69, 9.17) is 18.5 Å². The van der Waals surface area contributed by atoms with E-state index in [-0.39, 0.29) is 18.6 Å². The summed E-state index contributed by atoms with van der Waals surface area (Å²) < 4.78 is 33.4. The van der Waals surface area contributed by atoms with Crippen molar-refractivity contribution in [3.8, 4) is 0 Å². The van der Waals surface area contributed by atoms with E-state index in [9.17, 15) is 49.4 Å². The summed E-state index contributed by atoms with van der Waals surface area (Å²) in [5.41, 5.74) is 0. The third-order valence-corrected chi connectivity index (χ3v) is 11.2. The summed E-state index contributed by atoms with van der Waals surface area (Å²) in [6, 6.07) is 0. The van der Waals surface area contributed by atoms with Crippen molar-refractivity contribution in [3.05, 3.63) is 85.1 Å². The average molecular weight is 923 g/mol. The summed E-state index contributed by atoms with van der Waals surface area (Å²) >= 11 is 0. The second-order valence-electron chi connectivity index (χ2n) is 15.9. The molecule has 1 aliphatic carbocycles. The molecule has 1 aliphatic rings. The Morgan fingerprint density at radius 2 is 1.00 bits per heavy atom. The molecule has 0 aromatic rings. The van der Waals surface area contributed by atoms with Crippen molar-refractivity contribution < 1.29 is 67.9 Å². The molecule has 0 amide bonds. The van der Waals surface area contributed by atoms with E-state index >= 15 is 0 Å². The van der Waals surface area contributed by atoms with Crippen LogP contribution < -0.4 is 0 Å². The van der Waals surface area contributed by atoms with Crippen LogP contribution in [0.15, 0.2) is 85.1 Å². The Kier molecular flexibility index (Phi) is 34.7. The highest BCUT2D eigenvalue weighted by Crippen LogP contribution is 2.47. The van der Waals surface area contributed by atoms with Gasteiger partial charge in [0.1, 0.15) is 43.2 Å². The number of phosphoric ester groups is 1. The van der Waals surface area contributed by atoms with Crippen LogP contribution in [0.5, 0.6) is 0 Å². The summed E-state index contributed by atoms with van der Waals surface area (Å²) in [6.07, 6.45) is 31.9. The van der Waals surface area contributed by atoms with Crippen LogP contribution in [0.2, 0.25) is 0 Å². The fraction of sp³-hybridized carbons (Fsp3) is 0.653. The highest BCUT2D eigenvalue weighted by Gasteiger charge is 2.51. The van der Waals surface area contributed by atoms with Crippen molar-refractivity contribution in [2.24, 2.45) is 0 Å². The fourth-order valence-corrected chi connectivity index (χ4v) is 7.33. The first-order valence-electron chi connectivity index (χ1n) is 23.3. The van der Waals surface area contributed by atoms with Gasteiger partial charge in [0.2, 0.25) is 0 Å². The van der Waals surface area contributed by atoms with Gasteiger partial charge in [-0.25, -0.2) is 4.57 Å². The Bertz CT molecular complexity index is 1500. The lowest BCUT2D eigenvalue weighted by Gasteiger charge is -2.41.